The van der Waals surface area contributed by atoms with Gasteiger partial charge in [-0.25, -0.2) is 4.79 Å². The first-order chi connectivity index (χ1) is 9.60. The van der Waals surface area contributed by atoms with Gasteiger partial charge in [0, 0.05) is 12.8 Å². The predicted octanol–water partition coefficient (Wildman–Crippen LogP) is 3.84. The largest absolute Gasteiger partial charge is 0.511 e. The van der Waals surface area contributed by atoms with Crippen LogP contribution in [0, 0.1) is 0 Å². The average Bonchev–Trinajstić information content (AvgIpc) is 2.38. The van der Waals surface area contributed by atoms with Gasteiger partial charge in [-0.3, -0.25) is 4.79 Å². The fraction of sp³-hybridized carbons (Fsp3) is 0.750. The van der Waals surface area contributed by atoms with Gasteiger partial charge in [-0.15, -0.1) is 0 Å². The van der Waals surface area contributed by atoms with Crippen LogP contribution in [0.4, 0.5) is 0 Å². The second kappa shape index (κ2) is 8.77. The molecule has 4 heteroatoms. The van der Waals surface area contributed by atoms with Crippen LogP contribution < -0.4 is 0 Å². The molecular weight excluding hydrogens is 256 g/mol. The van der Waals surface area contributed by atoms with E-state index in [4.69, 9.17) is 4.74 Å². The third kappa shape index (κ3) is 4.99. The summed E-state index contributed by atoms with van der Waals surface area (Å²) in [6, 6.07) is 0. The van der Waals surface area contributed by atoms with Gasteiger partial charge >= 0.3 is 5.97 Å². The van der Waals surface area contributed by atoms with E-state index in [0.717, 1.165) is 19.3 Å². The zero-order valence-electron chi connectivity index (χ0n) is 12.6. The van der Waals surface area contributed by atoms with E-state index < -0.39 is 5.97 Å². The maximum Gasteiger partial charge on any atom is 0.345 e. The Labute approximate surface area is 121 Å². The molecule has 20 heavy (non-hydrogen) atoms. The summed E-state index contributed by atoms with van der Waals surface area (Å²) in [4.78, 5) is 23.8. The van der Waals surface area contributed by atoms with E-state index in [0.29, 0.717) is 12.8 Å². The molecule has 4 nitrogen and oxygen atoms in total. The number of carbonyl (C=O) groups excluding carboxylic acids is 2. The first-order valence-electron chi connectivity index (χ1n) is 7.76. The Morgan fingerprint density at radius 3 is 2.45 bits per heavy atom. The highest BCUT2D eigenvalue weighted by atomic mass is 16.5. The number of aliphatic hydroxyl groups excluding tert-OH is 1. The van der Waals surface area contributed by atoms with Crippen LogP contribution in [0.3, 0.4) is 0 Å². The van der Waals surface area contributed by atoms with Crippen LogP contribution in [-0.2, 0) is 14.3 Å². The standard InChI is InChI=1S/C16H26O4/c1-3-5-6-7-8-10-12-11-14(18)15(16(19)20-12)13(17)9-4-2/h12,17H,3-11H2,1-2H3/b15-13+/t12-/m0/s1. The lowest BCUT2D eigenvalue weighted by molar-refractivity contribution is -0.151. The molecule has 0 radical (unpaired) electrons. The predicted molar refractivity (Wildman–Crippen MR) is 77.4 cm³/mol. The third-order valence-electron chi connectivity index (χ3n) is 3.57. The van der Waals surface area contributed by atoms with E-state index in [1.54, 1.807) is 0 Å². The van der Waals surface area contributed by atoms with Crippen molar-refractivity contribution in [2.24, 2.45) is 0 Å². The molecule has 0 spiro atoms. The lowest BCUT2D eigenvalue weighted by Crippen LogP contribution is -2.33. The van der Waals surface area contributed by atoms with Crippen LogP contribution >= 0.6 is 0 Å². The molecule has 0 saturated carbocycles. The minimum absolute atomic E-state index is 0.121. The molecule has 1 heterocycles. The Bertz CT molecular complexity index is 351. The monoisotopic (exact) mass is 282 g/mol. The highest BCUT2D eigenvalue weighted by molar-refractivity contribution is 6.19. The van der Waals surface area contributed by atoms with Gasteiger partial charge in [-0.05, 0) is 19.3 Å². The lowest BCUT2D eigenvalue weighted by atomic mass is 9.96. The Balaban J connectivity index is 2.46. The van der Waals surface area contributed by atoms with Crippen LogP contribution in [-0.4, -0.2) is 23.0 Å². The number of cyclic esters (lactones) is 1. The van der Waals surface area contributed by atoms with E-state index in [9.17, 15) is 14.7 Å². The molecular formula is C16H26O4. The maximum atomic E-state index is 11.9. The van der Waals surface area contributed by atoms with Crippen molar-refractivity contribution in [3.05, 3.63) is 11.3 Å². The Hall–Kier alpha value is -1.32. The highest BCUT2D eigenvalue weighted by Crippen LogP contribution is 2.24. The molecule has 1 atom stereocenters. The topological polar surface area (TPSA) is 63.6 Å². The Morgan fingerprint density at radius 2 is 1.85 bits per heavy atom. The van der Waals surface area contributed by atoms with E-state index in [1.165, 1.54) is 19.3 Å². The summed E-state index contributed by atoms with van der Waals surface area (Å²) in [5.74, 6) is -1.04. The SMILES string of the molecule is CCCCCCC[C@H]1CC(=O)/C(=C(\O)CCC)C(=O)O1. The number of carbonyl (C=O) groups is 2. The number of esters is 1. The van der Waals surface area contributed by atoms with Gasteiger partial charge in [-0.1, -0.05) is 39.5 Å². The van der Waals surface area contributed by atoms with Crippen molar-refractivity contribution in [1.82, 2.24) is 0 Å². The maximum absolute atomic E-state index is 11.9. The summed E-state index contributed by atoms with van der Waals surface area (Å²) in [5, 5.41) is 9.73. The van der Waals surface area contributed by atoms with Gasteiger partial charge in [0.25, 0.3) is 0 Å². The quantitative estimate of drug-likeness (QED) is 0.241. The van der Waals surface area contributed by atoms with Crippen molar-refractivity contribution >= 4 is 11.8 Å². The number of hydrogen-bond acceptors (Lipinski definition) is 4. The number of ether oxygens (including phenoxy) is 1. The number of aliphatic hydroxyl groups is 1. The van der Waals surface area contributed by atoms with E-state index in [1.807, 2.05) is 6.92 Å². The van der Waals surface area contributed by atoms with Crippen LogP contribution in [0.15, 0.2) is 11.3 Å². The molecule has 1 aliphatic rings. The van der Waals surface area contributed by atoms with Crippen molar-refractivity contribution in [2.45, 2.75) is 77.7 Å². The first kappa shape index (κ1) is 16.7. The molecule has 1 N–H and O–H groups in total. The van der Waals surface area contributed by atoms with Crippen molar-refractivity contribution in [1.29, 1.82) is 0 Å². The molecule has 0 aromatic rings. The summed E-state index contributed by atoms with van der Waals surface area (Å²) in [7, 11) is 0. The van der Waals surface area contributed by atoms with Gasteiger partial charge in [0.1, 0.15) is 17.4 Å². The minimum atomic E-state index is -0.647. The van der Waals surface area contributed by atoms with Crippen molar-refractivity contribution in [3.8, 4) is 0 Å². The van der Waals surface area contributed by atoms with Gasteiger partial charge in [0.2, 0.25) is 0 Å². The minimum Gasteiger partial charge on any atom is -0.511 e. The van der Waals surface area contributed by atoms with Crippen LogP contribution in [0.5, 0.6) is 0 Å². The Kier molecular flexibility index (Phi) is 7.34. The fourth-order valence-corrected chi connectivity index (χ4v) is 2.45. The number of allylic oxidation sites excluding steroid dienone is 1. The average molecular weight is 282 g/mol. The molecule has 0 aromatic heterocycles. The third-order valence-corrected chi connectivity index (χ3v) is 3.57. The van der Waals surface area contributed by atoms with E-state index in [-0.39, 0.29) is 29.6 Å². The van der Waals surface area contributed by atoms with Crippen molar-refractivity contribution < 1.29 is 19.4 Å². The Morgan fingerprint density at radius 1 is 1.15 bits per heavy atom. The van der Waals surface area contributed by atoms with E-state index in [2.05, 4.69) is 6.92 Å². The fourth-order valence-electron chi connectivity index (χ4n) is 2.45. The number of rotatable bonds is 8. The number of hydrogen-bond donors (Lipinski definition) is 1. The summed E-state index contributed by atoms with van der Waals surface area (Å²) < 4.78 is 5.27. The summed E-state index contributed by atoms with van der Waals surface area (Å²) in [6.07, 6.45) is 7.37. The van der Waals surface area contributed by atoms with Crippen LogP contribution in [0.25, 0.3) is 0 Å². The molecule has 114 valence electrons. The normalized spacial score (nSPS) is 21.8. The zero-order valence-corrected chi connectivity index (χ0v) is 12.6. The van der Waals surface area contributed by atoms with E-state index >= 15 is 0 Å². The summed E-state index contributed by atoms with van der Waals surface area (Å²) >= 11 is 0. The van der Waals surface area contributed by atoms with Crippen molar-refractivity contribution in [2.75, 3.05) is 0 Å². The first-order valence-corrected chi connectivity index (χ1v) is 7.76. The molecule has 1 aliphatic heterocycles. The zero-order chi connectivity index (χ0) is 15.0. The van der Waals surface area contributed by atoms with Gasteiger partial charge < -0.3 is 9.84 Å². The molecule has 0 aromatic carbocycles. The molecule has 0 unspecified atom stereocenters. The molecule has 0 bridgehead atoms. The molecule has 1 saturated heterocycles. The van der Waals surface area contributed by atoms with Gasteiger partial charge in [-0.2, -0.15) is 0 Å². The van der Waals surface area contributed by atoms with Gasteiger partial charge in [0.15, 0.2) is 5.78 Å². The summed E-state index contributed by atoms with van der Waals surface area (Å²) in [6.45, 7) is 4.05. The smallest absolute Gasteiger partial charge is 0.345 e. The van der Waals surface area contributed by atoms with Gasteiger partial charge in [0.05, 0.1) is 0 Å². The summed E-state index contributed by atoms with van der Waals surface area (Å²) in [5.41, 5.74) is -0.130. The lowest BCUT2D eigenvalue weighted by Gasteiger charge is -2.23. The number of unbranched alkanes of at least 4 members (excludes halogenated alkanes) is 4. The number of ketones is 1. The second-order valence-corrected chi connectivity index (χ2v) is 5.43. The number of Topliss-reactive ketones (excluding diaryl/α,β-unsaturated/α-hetero) is 1. The molecule has 0 aliphatic carbocycles. The van der Waals surface area contributed by atoms with Crippen LogP contribution in [0.1, 0.15) is 71.6 Å². The van der Waals surface area contributed by atoms with Crippen LogP contribution in [0.2, 0.25) is 0 Å². The molecule has 0 amide bonds. The highest BCUT2D eigenvalue weighted by Gasteiger charge is 2.34. The molecule has 1 fully saturated rings. The second-order valence-electron chi connectivity index (χ2n) is 5.43. The molecule has 1 rings (SSSR count). The van der Waals surface area contributed by atoms with Crippen molar-refractivity contribution in [3.63, 3.8) is 0 Å².